The number of hydrogen-bond donors (Lipinski definition) is 1. The molecule has 0 bridgehead atoms. The van der Waals surface area contributed by atoms with E-state index < -0.39 is 0 Å². The lowest BCUT2D eigenvalue weighted by Gasteiger charge is -2.11. The molecular weight excluding hydrogens is 250 g/mol. The molecule has 0 heterocycles. The molecular formula is C17H17NO2. The van der Waals surface area contributed by atoms with Crippen LogP contribution in [0, 0.1) is 13.8 Å². The fourth-order valence-electron chi connectivity index (χ4n) is 2.16. The lowest BCUT2D eigenvalue weighted by atomic mass is 10.0. The number of hydrogen-bond acceptors (Lipinski definition) is 2. The molecule has 0 aliphatic carbocycles. The van der Waals surface area contributed by atoms with E-state index in [1.807, 2.05) is 26.0 Å². The Balaban J connectivity index is 2.30. The predicted octanol–water partition coefficient (Wildman–Crippen LogP) is 3.76. The summed E-state index contributed by atoms with van der Waals surface area (Å²) in [7, 11) is 0. The number of ketones is 1. The first-order valence-electron chi connectivity index (χ1n) is 6.47. The normalized spacial score (nSPS) is 10.2. The molecule has 20 heavy (non-hydrogen) atoms. The average molecular weight is 267 g/mol. The van der Waals surface area contributed by atoms with Crippen LogP contribution in [-0.4, -0.2) is 11.7 Å². The summed E-state index contributed by atoms with van der Waals surface area (Å²) in [6.07, 6.45) is 0. The summed E-state index contributed by atoms with van der Waals surface area (Å²) in [6.45, 7) is 5.38. The van der Waals surface area contributed by atoms with Gasteiger partial charge in [-0.15, -0.1) is 0 Å². The molecule has 2 aromatic carbocycles. The predicted molar refractivity (Wildman–Crippen MR) is 80.3 cm³/mol. The van der Waals surface area contributed by atoms with Crippen LogP contribution in [0.3, 0.4) is 0 Å². The first-order valence-corrected chi connectivity index (χ1v) is 6.47. The summed E-state index contributed by atoms with van der Waals surface area (Å²) >= 11 is 0. The van der Waals surface area contributed by atoms with Crippen molar-refractivity contribution < 1.29 is 9.59 Å². The highest BCUT2D eigenvalue weighted by atomic mass is 16.1. The van der Waals surface area contributed by atoms with Crippen molar-refractivity contribution in [3.63, 3.8) is 0 Å². The van der Waals surface area contributed by atoms with Gasteiger partial charge in [0.15, 0.2) is 5.78 Å². The summed E-state index contributed by atoms with van der Waals surface area (Å²) in [4.78, 5) is 23.8. The van der Waals surface area contributed by atoms with E-state index in [1.54, 1.807) is 30.3 Å². The van der Waals surface area contributed by atoms with Gasteiger partial charge in [0.1, 0.15) is 0 Å². The number of anilines is 1. The van der Waals surface area contributed by atoms with E-state index in [-0.39, 0.29) is 11.7 Å². The van der Waals surface area contributed by atoms with Crippen LogP contribution in [0.5, 0.6) is 0 Å². The number of carbonyl (C=O) groups is 2. The second-order valence-corrected chi connectivity index (χ2v) is 4.87. The van der Waals surface area contributed by atoms with Gasteiger partial charge in [0.05, 0.1) is 5.69 Å². The molecule has 0 fully saturated rings. The molecule has 0 aromatic heterocycles. The largest absolute Gasteiger partial charge is 0.321 e. The van der Waals surface area contributed by atoms with E-state index in [9.17, 15) is 9.59 Å². The Bertz CT molecular complexity index is 674. The zero-order chi connectivity index (χ0) is 14.7. The zero-order valence-corrected chi connectivity index (χ0v) is 11.9. The zero-order valence-electron chi connectivity index (χ0n) is 11.9. The lowest BCUT2D eigenvalue weighted by molar-refractivity contribution is 0.101. The molecule has 0 saturated carbocycles. The molecule has 1 amide bonds. The van der Waals surface area contributed by atoms with Gasteiger partial charge in [-0.25, -0.2) is 0 Å². The smallest absolute Gasteiger partial charge is 0.255 e. The van der Waals surface area contributed by atoms with Crippen molar-refractivity contribution in [2.24, 2.45) is 0 Å². The van der Waals surface area contributed by atoms with E-state index in [1.165, 1.54) is 6.92 Å². The number of para-hydroxylation sites is 1. The molecule has 3 heteroatoms. The van der Waals surface area contributed by atoms with Gasteiger partial charge in [0.2, 0.25) is 0 Å². The van der Waals surface area contributed by atoms with Crippen LogP contribution in [0.25, 0.3) is 0 Å². The van der Waals surface area contributed by atoms with Crippen molar-refractivity contribution in [1.82, 2.24) is 0 Å². The maximum absolute atomic E-state index is 12.3. The van der Waals surface area contributed by atoms with Gasteiger partial charge in [-0.3, -0.25) is 9.59 Å². The number of amides is 1. The molecule has 2 rings (SSSR count). The number of aryl methyl sites for hydroxylation is 2. The summed E-state index contributed by atoms with van der Waals surface area (Å²) in [5, 5.41) is 2.81. The third kappa shape index (κ3) is 2.94. The highest BCUT2D eigenvalue weighted by Gasteiger charge is 2.12. The Morgan fingerprint density at radius 1 is 0.950 bits per heavy atom. The Morgan fingerprint density at radius 2 is 1.65 bits per heavy atom. The molecule has 2 aromatic rings. The molecule has 0 radical (unpaired) electrons. The van der Waals surface area contributed by atoms with Crippen LogP contribution < -0.4 is 5.32 Å². The number of nitrogens with one attached hydrogen (secondary N) is 1. The van der Waals surface area contributed by atoms with Crippen LogP contribution in [-0.2, 0) is 0 Å². The first-order chi connectivity index (χ1) is 9.49. The Morgan fingerprint density at radius 3 is 2.30 bits per heavy atom. The lowest BCUT2D eigenvalue weighted by Crippen LogP contribution is -2.15. The van der Waals surface area contributed by atoms with Crippen molar-refractivity contribution in [2.75, 3.05) is 5.32 Å². The van der Waals surface area contributed by atoms with Crippen molar-refractivity contribution in [3.8, 4) is 0 Å². The van der Waals surface area contributed by atoms with Gasteiger partial charge < -0.3 is 5.32 Å². The fourth-order valence-corrected chi connectivity index (χ4v) is 2.16. The van der Waals surface area contributed by atoms with E-state index >= 15 is 0 Å². The number of rotatable bonds is 3. The SMILES string of the molecule is CC(=O)c1ccccc1NC(=O)c1ccc(C)cc1C. The van der Waals surface area contributed by atoms with Crippen molar-refractivity contribution in [2.45, 2.75) is 20.8 Å². The second kappa shape index (κ2) is 5.70. The first kappa shape index (κ1) is 14.0. The van der Waals surface area contributed by atoms with E-state index in [2.05, 4.69) is 5.32 Å². The van der Waals surface area contributed by atoms with Crippen molar-refractivity contribution in [1.29, 1.82) is 0 Å². The van der Waals surface area contributed by atoms with E-state index in [4.69, 9.17) is 0 Å². The second-order valence-electron chi connectivity index (χ2n) is 4.87. The highest BCUT2D eigenvalue weighted by Crippen LogP contribution is 2.18. The fraction of sp³-hybridized carbons (Fsp3) is 0.176. The molecule has 0 spiro atoms. The molecule has 0 atom stereocenters. The van der Waals surface area contributed by atoms with Gasteiger partial charge in [-0.1, -0.05) is 29.8 Å². The minimum atomic E-state index is -0.198. The minimum Gasteiger partial charge on any atom is -0.321 e. The standard InChI is InChI=1S/C17H17NO2/c1-11-8-9-14(12(2)10-11)17(20)18-16-7-5-4-6-15(16)13(3)19/h4-10H,1-3H3,(H,18,20). The quantitative estimate of drug-likeness (QED) is 0.861. The van der Waals surface area contributed by atoms with Gasteiger partial charge in [-0.2, -0.15) is 0 Å². The number of Topliss-reactive ketones (excluding diaryl/α,β-unsaturated/α-hetero) is 1. The maximum atomic E-state index is 12.3. The topological polar surface area (TPSA) is 46.2 Å². The van der Waals surface area contributed by atoms with E-state index in [0.717, 1.165) is 11.1 Å². The molecule has 0 unspecified atom stereocenters. The molecule has 1 N–H and O–H groups in total. The van der Waals surface area contributed by atoms with Gasteiger partial charge in [0, 0.05) is 11.1 Å². The summed E-state index contributed by atoms with van der Waals surface area (Å²) < 4.78 is 0. The van der Waals surface area contributed by atoms with Crippen molar-refractivity contribution >= 4 is 17.4 Å². The van der Waals surface area contributed by atoms with Gasteiger partial charge in [-0.05, 0) is 44.5 Å². The summed E-state index contributed by atoms with van der Waals surface area (Å²) in [5.74, 6) is -0.266. The Kier molecular flexibility index (Phi) is 3.99. The van der Waals surface area contributed by atoms with Crippen LogP contribution >= 0.6 is 0 Å². The Labute approximate surface area is 118 Å². The number of carbonyl (C=O) groups excluding carboxylic acids is 2. The third-order valence-electron chi connectivity index (χ3n) is 3.18. The highest BCUT2D eigenvalue weighted by molar-refractivity contribution is 6.09. The monoisotopic (exact) mass is 267 g/mol. The third-order valence-corrected chi connectivity index (χ3v) is 3.18. The Hall–Kier alpha value is -2.42. The van der Waals surface area contributed by atoms with E-state index in [0.29, 0.717) is 16.8 Å². The molecule has 0 aliphatic heterocycles. The van der Waals surface area contributed by atoms with Gasteiger partial charge in [0.25, 0.3) is 5.91 Å². The van der Waals surface area contributed by atoms with Crippen molar-refractivity contribution in [3.05, 3.63) is 64.7 Å². The van der Waals surface area contributed by atoms with Gasteiger partial charge >= 0.3 is 0 Å². The van der Waals surface area contributed by atoms with Crippen LogP contribution in [0.1, 0.15) is 38.8 Å². The molecule has 3 nitrogen and oxygen atoms in total. The van der Waals surface area contributed by atoms with Crippen LogP contribution in [0.4, 0.5) is 5.69 Å². The molecule has 102 valence electrons. The summed E-state index contributed by atoms with van der Waals surface area (Å²) in [5.41, 5.74) is 3.72. The maximum Gasteiger partial charge on any atom is 0.255 e. The van der Waals surface area contributed by atoms with Crippen LogP contribution in [0.2, 0.25) is 0 Å². The summed E-state index contributed by atoms with van der Waals surface area (Å²) in [6, 6.07) is 12.7. The average Bonchev–Trinajstić information content (AvgIpc) is 2.38. The molecule has 0 aliphatic rings. The van der Waals surface area contributed by atoms with Crippen LogP contribution in [0.15, 0.2) is 42.5 Å². The minimum absolute atomic E-state index is 0.0680. The number of benzene rings is 2. The molecule has 0 saturated heterocycles.